The van der Waals surface area contributed by atoms with Gasteiger partial charge in [-0.05, 0) is 45.0 Å². The molecular formula is C23H25FN6O3. The maximum atomic E-state index is 14.1. The fourth-order valence-corrected chi connectivity index (χ4v) is 3.47. The number of nitriles is 1. The van der Waals surface area contributed by atoms with Gasteiger partial charge in [-0.3, -0.25) is 9.78 Å². The zero-order valence-electron chi connectivity index (χ0n) is 18.6. The summed E-state index contributed by atoms with van der Waals surface area (Å²) in [7, 11) is 0. The minimum atomic E-state index is -1.63. The van der Waals surface area contributed by atoms with Crippen molar-refractivity contribution in [3.8, 4) is 17.5 Å². The first kappa shape index (κ1) is 22.6. The Labute approximate surface area is 190 Å². The number of nitrogens with zero attached hydrogens (tertiary/aromatic N) is 4. The van der Waals surface area contributed by atoms with Gasteiger partial charge in [-0.15, -0.1) is 0 Å². The van der Waals surface area contributed by atoms with Crippen LogP contribution in [0.3, 0.4) is 0 Å². The molecule has 0 spiro atoms. The van der Waals surface area contributed by atoms with Gasteiger partial charge in [-0.1, -0.05) is 0 Å². The third-order valence-electron chi connectivity index (χ3n) is 5.53. The number of rotatable bonds is 7. The van der Waals surface area contributed by atoms with Crippen LogP contribution in [0.2, 0.25) is 0 Å². The first-order valence-electron chi connectivity index (χ1n) is 10.5. The summed E-state index contributed by atoms with van der Waals surface area (Å²) in [5.74, 6) is -0.510. The third kappa shape index (κ3) is 4.65. The molecule has 1 aliphatic rings. The second-order valence-corrected chi connectivity index (χ2v) is 9.04. The van der Waals surface area contributed by atoms with Gasteiger partial charge in [0.15, 0.2) is 0 Å². The van der Waals surface area contributed by atoms with E-state index in [4.69, 9.17) is 10.00 Å². The van der Waals surface area contributed by atoms with Crippen molar-refractivity contribution < 1.29 is 19.0 Å². The number of carbonyl (C=O) groups excluding carboxylic acids is 1. The Morgan fingerprint density at radius 3 is 2.79 bits per heavy atom. The molecule has 1 amide bonds. The summed E-state index contributed by atoms with van der Waals surface area (Å²) in [6, 6.07) is 9.19. The zero-order chi connectivity index (χ0) is 23.8. The fourth-order valence-electron chi connectivity index (χ4n) is 3.47. The van der Waals surface area contributed by atoms with Gasteiger partial charge in [0, 0.05) is 6.20 Å². The number of ether oxygens (including phenoxy) is 1. The lowest BCUT2D eigenvalue weighted by molar-refractivity contribution is -0.0318. The number of pyridine rings is 1. The van der Waals surface area contributed by atoms with Crippen molar-refractivity contribution in [3.63, 3.8) is 0 Å². The second-order valence-electron chi connectivity index (χ2n) is 9.04. The van der Waals surface area contributed by atoms with Gasteiger partial charge in [-0.2, -0.15) is 10.4 Å². The number of amides is 1. The summed E-state index contributed by atoms with van der Waals surface area (Å²) in [4.78, 5) is 17.3. The summed E-state index contributed by atoms with van der Waals surface area (Å²) < 4.78 is 21.1. The van der Waals surface area contributed by atoms with Crippen LogP contribution in [0.1, 0.15) is 36.7 Å². The lowest BCUT2D eigenvalue weighted by atomic mass is 9.99. The van der Waals surface area contributed by atoms with Crippen molar-refractivity contribution in [2.45, 2.75) is 38.1 Å². The van der Waals surface area contributed by atoms with Gasteiger partial charge in [-0.25, -0.2) is 8.91 Å². The van der Waals surface area contributed by atoms with E-state index < -0.39 is 17.7 Å². The largest absolute Gasteiger partial charge is 0.387 e. The van der Waals surface area contributed by atoms with E-state index in [-0.39, 0.29) is 17.6 Å². The molecule has 0 saturated carbocycles. The molecule has 3 aromatic rings. The number of nitrogens with one attached hydrogen (secondary N) is 2. The highest BCUT2D eigenvalue weighted by Crippen LogP contribution is 2.29. The Bertz CT molecular complexity index is 1240. The van der Waals surface area contributed by atoms with Crippen LogP contribution in [0.15, 0.2) is 36.7 Å². The molecule has 0 bridgehead atoms. The normalized spacial score (nSPS) is 16.0. The predicted molar refractivity (Wildman–Crippen MR) is 120 cm³/mol. The lowest BCUT2D eigenvalue weighted by Crippen LogP contribution is -2.53. The van der Waals surface area contributed by atoms with Gasteiger partial charge in [0.2, 0.25) is 0 Å². The molecule has 1 fully saturated rings. The topological polar surface area (TPSA) is 125 Å². The number of halogens is 1. The van der Waals surface area contributed by atoms with Crippen LogP contribution in [0.25, 0.3) is 16.9 Å². The van der Waals surface area contributed by atoms with Gasteiger partial charge in [0.25, 0.3) is 5.91 Å². The van der Waals surface area contributed by atoms with Crippen LogP contribution in [-0.2, 0) is 4.74 Å². The van der Waals surface area contributed by atoms with Crippen LogP contribution in [-0.4, -0.2) is 62.7 Å². The first-order valence-corrected chi connectivity index (χ1v) is 10.5. The number of aromatic nitrogens is 3. The molecule has 1 atom stereocenters. The molecule has 172 valence electrons. The highest BCUT2D eigenvalue weighted by Gasteiger charge is 2.34. The molecule has 1 saturated heterocycles. The van der Waals surface area contributed by atoms with Gasteiger partial charge in [0.05, 0.1) is 70.8 Å². The molecule has 3 N–H and O–H groups in total. The predicted octanol–water partition coefficient (Wildman–Crippen LogP) is 2.31. The molecule has 9 nitrogen and oxygen atoms in total. The standard InChI is InChI=1S/C23H25FN6O3/c1-22(2,32)20(24)11-27-21(31)16-10-26-18(7-17(16)29-23(3)12-33-13-23)19-5-4-15-6-14(8-25)9-28-30(15)19/h4-7,9-10,20,32H,11-13H2,1-3H3,(H,26,29)(H,27,31)/t20-/m1/s1. The Hall–Kier alpha value is -3.55. The van der Waals surface area contributed by atoms with Gasteiger partial charge >= 0.3 is 0 Å². The molecule has 0 unspecified atom stereocenters. The maximum absolute atomic E-state index is 14.1. The van der Waals surface area contributed by atoms with Crippen molar-refractivity contribution in [3.05, 3.63) is 47.8 Å². The number of hydrogen-bond donors (Lipinski definition) is 3. The summed E-state index contributed by atoms with van der Waals surface area (Å²) >= 11 is 0. The van der Waals surface area contributed by atoms with Crippen molar-refractivity contribution in [1.82, 2.24) is 19.9 Å². The molecule has 1 aliphatic heterocycles. The van der Waals surface area contributed by atoms with E-state index in [9.17, 15) is 14.3 Å². The quantitative estimate of drug-likeness (QED) is 0.502. The van der Waals surface area contributed by atoms with E-state index in [0.29, 0.717) is 35.9 Å². The lowest BCUT2D eigenvalue weighted by Gasteiger charge is -2.40. The molecule has 3 aromatic heterocycles. The van der Waals surface area contributed by atoms with E-state index in [1.807, 2.05) is 19.1 Å². The monoisotopic (exact) mass is 452 g/mol. The molecule has 33 heavy (non-hydrogen) atoms. The van der Waals surface area contributed by atoms with Gasteiger partial charge in [0.1, 0.15) is 12.2 Å². The average molecular weight is 452 g/mol. The Balaban J connectivity index is 1.67. The van der Waals surface area contributed by atoms with Gasteiger partial charge < -0.3 is 20.5 Å². The Morgan fingerprint density at radius 2 is 2.15 bits per heavy atom. The van der Waals surface area contributed by atoms with Crippen molar-refractivity contribution >= 4 is 17.1 Å². The molecule has 0 aliphatic carbocycles. The van der Waals surface area contributed by atoms with Crippen LogP contribution in [0, 0.1) is 11.3 Å². The zero-order valence-corrected chi connectivity index (χ0v) is 18.6. The summed E-state index contributed by atoms with van der Waals surface area (Å²) in [5.41, 5.74) is 1.28. The molecule has 4 heterocycles. The number of alkyl halides is 1. The van der Waals surface area contributed by atoms with Crippen molar-refractivity contribution in [2.24, 2.45) is 0 Å². The third-order valence-corrected chi connectivity index (χ3v) is 5.53. The van der Waals surface area contributed by atoms with E-state index in [1.165, 1.54) is 26.2 Å². The molecule has 0 radical (unpaired) electrons. The highest BCUT2D eigenvalue weighted by atomic mass is 19.1. The van der Waals surface area contributed by atoms with Crippen molar-refractivity contribution in [2.75, 3.05) is 25.1 Å². The van der Waals surface area contributed by atoms with E-state index in [2.05, 4.69) is 26.8 Å². The van der Waals surface area contributed by atoms with E-state index in [1.54, 1.807) is 16.6 Å². The van der Waals surface area contributed by atoms with Crippen LogP contribution >= 0.6 is 0 Å². The van der Waals surface area contributed by atoms with E-state index >= 15 is 0 Å². The number of carbonyl (C=O) groups is 1. The molecule has 4 rings (SSSR count). The summed E-state index contributed by atoms with van der Waals surface area (Å²) in [6.45, 7) is 5.29. The Kier molecular flexibility index (Phi) is 5.78. The number of aliphatic hydroxyl groups is 1. The average Bonchev–Trinajstić information content (AvgIpc) is 3.18. The minimum absolute atomic E-state index is 0.246. The highest BCUT2D eigenvalue weighted by molar-refractivity contribution is 6.00. The molecular weight excluding hydrogens is 427 g/mol. The number of hydrogen-bond acceptors (Lipinski definition) is 7. The second kappa shape index (κ2) is 8.42. The molecule has 10 heteroatoms. The summed E-state index contributed by atoms with van der Waals surface area (Å²) in [6.07, 6.45) is 1.27. The summed E-state index contributed by atoms with van der Waals surface area (Å²) in [5, 5.41) is 29.1. The van der Waals surface area contributed by atoms with Crippen LogP contribution in [0.4, 0.5) is 10.1 Å². The molecule has 0 aromatic carbocycles. The fraction of sp³-hybridized carbons (Fsp3) is 0.391. The number of anilines is 1. The van der Waals surface area contributed by atoms with Crippen LogP contribution in [0.5, 0.6) is 0 Å². The minimum Gasteiger partial charge on any atom is -0.387 e. The maximum Gasteiger partial charge on any atom is 0.255 e. The van der Waals surface area contributed by atoms with E-state index in [0.717, 1.165) is 5.52 Å². The van der Waals surface area contributed by atoms with Crippen LogP contribution < -0.4 is 10.6 Å². The smallest absolute Gasteiger partial charge is 0.255 e. The SMILES string of the molecule is CC1(Nc2cc(-c3ccc4cc(C#N)cnn34)ncc2C(=O)NC[C@@H](F)C(C)(C)O)COC1. The number of fused-ring (bicyclic) bond motifs is 1. The first-order chi connectivity index (χ1) is 15.6. The Morgan fingerprint density at radius 1 is 1.39 bits per heavy atom. The van der Waals surface area contributed by atoms with Crippen molar-refractivity contribution in [1.29, 1.82) is 5.26 Å².